The number of nitrogens with one attached hydrogen (secondary N) is 1. The first kappa shape index (κ1) is 22.7. The fourth-order valence-corrected chi connectivity index (χ4v) is 5.19. The molecular weight excluding hydrogens is 400 g/mol. The maximum atomic E-state index is 13.4. The van der Waals surface area contributed by atoms with Crippen molar-refractivity contribution in [3.05, 3.63) is 54.1 Å². The summed E-state index contributed by atoms with van der Waals surface area (Å²) in [7, 11) is 1.66. The number of benzene rings is 2. The minimum atomic E-state index is -0.466. The van der Waals surface area contributed by atoms with Crippen LogP contribution in [0.15, 0.2) is 48.5 Å². The molecule has 1 atom stereocenters. The number of amides is 1. The number of ether oxygens (including phenoxy) is 2. The summed E-state index contributed by atoms with van der Waals surface area (Å²) in [5.41, 5.74) is 1.42. The number of methoxy groups -OCH3 is 1. The van der Waals surface area contributed by atoms with Crippen LogP contribution in [-0.2, 0) is 10.2 Å². The zero-order valence-corrected chi connectivity index (χ0v) is 19.4. The van der Waals surface area contributed by atoms with E-state index in [1.54, 1.807) is 7.11 Å². The van der Waals surface area contributed by atoms with Gasteiger partial charge in [0.2, 0.25) is 5.91 Å². The fourth-order valence-electron chi connectivity index (χ4n) is 5.19. The third-order valence-corrected chi connectivity index (χ3v) is 7.23. The second-order valence-corrected chi connectivity index (χ2v) is 9.23. The van der Waals surface area contributed by atoms with E-state index in [-0.39, 0.29) is 5.91 Å². The molecule has 0 bridgehead atoms. The van der Waals surface area contributed by atoms with E-state index in [1.165, 1.54) is 25.8 Å². The van der Waals surface area contributed by atoms with Crippen LogP contribution in [0.2, 0.25) is 0 Å². The Hall–Kier alpha value is -2.53. The SMILES string of the molecule is COc1ccc(C2(C(=O)Nc3ccc(OCCN4CCCC[C@H]4C)cc3)CCCC2)cc1. The van der Waals surface area contributed by atoms with Crippen molar-refractivity contribution in [1.82, 2.24) is 4.90 Å². The zero-order chi connectivity index (χ0) is 22.4. The normalized spacial score (nSPS) is 20.6. The standard InChI is InChI=1S/C27H36N2O3/c1-21-7-3-6-18-29(21)19-20-32-25-14-10-23(11-15-25)28-26(30)27(16-4-5-17-27)22-8-12-24(31-2)13-9-22/h8-15,21H,3-7,16-20H2,1-2H3,(H,28,30)/t21-/m1/s1. The van der Waals surface area contributed by atoms with Gasteiger partial charge in [-0.2, -0.15) is 0 Å². The van der Waals surface area contributed by atoms with Crippen molar-refractivity contribution in [2.75, 3.05) is 32.1 Å². The molecule has 32 heavy (non-hydrogen) atoms. The monoisotopic (exact) mass is 436 g/mol. The van der Waals surface area contributed by atoms with E-state index >= 15 is 0 Å². The van der Waals surface area contributed by atoms with Crippen molar-refractivity contribution < 1.29 is 14.3 Å². The van der Waals surface area contributed by atoms with E-state index in [4.69, 9.17) is 9.47 Å². The molecular formula is C27H36N2O3. The third-order valence-electron chi connectivity index (χ3n) is 7.23. The smallest absolute Gasteiger partial charge is 0.235 e. The molecule has 2 fully saturated rings. The summed E-state index contributed by atoms with van der Waals surface area (Å²) >= 11 is 0. The number of carbonyl (C=O) groups excluding carboxylic acids is 1. The molecule has 1 saturated heterocycles. The highest BCUT2D eigenvalue weighted by atomic mass is 16.5. The molecule has 1 aliphatic heterocycles. The van der Waals surface area contributed by atoms with E-state index in [2.05, 4.69) is 17.1 Å². The topological polar surface area (TPSA) is 50.8 Å². The Balaban J connectivity index is 1.35. The predicted octanol–water partition coefficient (Wildman–Crippen LogP) is 5.40. The molecule has 2 aliphatic rings. The third kappa shape index (κ3) is 5.09. The van der Waals surface area contributed by atoms with Crippen molar-refractivity contribution in [3.8, 4) is 11.5 Å². The number of carbonyl (C=O) groups is 1. The van der Waals surface area contributed by atoms with Crippen LogP contribution in [0.25, 0.3) is 0 Å². The molecule has 5 nitrogen and oxygen atoms in total. The number of nitrogens with zero attached hydrogens (tertiary/aromatic N) is 1. The Bertz CT molecular complexity index is 873. The van der Waals surface area contributed by atoms with Crippen LogP contribution in [-0.4, -0.2) is 43.7 Å². The number of hydrogen-bond acceptors (Lipinski definition) is 4. The molecule has 4 rings (SSSR count). The largest absolute Gasteiger partial charge is 0.497 e. The van der Waals surface area contributed by atoms with Gasteiger partial charge in [-0.25, -0.2) is 0 Å². The Morgan fingerprint density at radius 2 is 1.69 bits per heavy atom. The summed E-state index contributed by atoms with van der Waals surface area (Å²) in [6.45, 7) is 5.13. The van der Waals surface area contributed by atoms with Gasteiger partial charge >= 0.3 is 0 Å². The van der Waals surface area contributed by atoms with Crippen molar-refractivity contribution in [1.29, 1.82) is 0 Å². The quantitative estimate of drug-likeness (QED) is 0.602. The van der Waals surface area contributed by atoms with Gasteiger partial charge in [0.1, 0.15) is 18.1 Å². The summed E-state index contributed by atoms with van der Waals surface area (Å²) < 4.78 is 11.2. The molecule has 0 aromatic heterocycles. The van der Waals surface area contributed by atoms with Crippen molar-refractivity contribution in [2.24, 2.45) is 0 Å². The Kier molecular flexibility index (Phi) is 7.36. The van der Waals surface area contributed by atoms with Gasteiger partial charge in [0.15, 0.2) is 0 Å². The van der Waals surface area contributed by atoms with Gasteiger partial charge in [0.25, 0.3) is 0 Å². The van der Waals surface area contributed by atoms with Gasteiger partial charge in [-0.3, -0.25) is 9.69 Å². The fraction of sp³-hybridized carbons (Fsp3) is 0.519. The van der Waals surface area contributed by atoms with Gasteiger partial charge in [-0.1, -0.05) is 31.4 Å². The number of anilines is 1. The highest BCUT2D eigenvalue weighted by Gasteiger charge is 2.42. The molecule has 0 radical (unpaired) electrons. The molecule has 1 N–H and O–H groups in total. The van der Waals surface area contributed by atoms with Gasteiger partial charge in [0, 0.05) is 18.3 Å². The van der Waals surface area contributed by atoms with Crippen LogP contribution in [0.5, 0.6) is 11.5 Å². The summed E-state index contributed by atoms with van der Waals surface area (Å²) in [6.07, 6.45) is 7.81. The first-order valence-electron chi connectivity index (χ1n) is 12.0. The lowest BCUT2D eigenvalue weighted by Gasteiger charge is -2.33. The van der Waals surface area contributed by atoms with E-state index in [1.807, 2.05) is 48.5 Å². The summed E-state index contributed by atoms with van der Waals surface area (Å²) in [4.78, 5) is 15.9. The number of piperidine rings is 1. The van der Waals surface area contributed by atoms with Gasteiger partial charge in [0.05, 0.1) is 12.5 Å². The average molecular weight is 437 g/mol. The van der Waals surface area contributed by atoms with Crippen molar-refractivity contribution >= 4 is 11.6 Å². The molecule has 2 aromatic carbocycles. The highest BCUT2D eigenvalue weighted by Crippen LogP contribution is 2.42. The minimum Gasteiger partial charge on any atom is -0.497 e. The lowest BCUT2D eigenvalue weighted by Crippen LogP contribution is -2.39. The van der Waals surface area contributed by atoms with Crippen LogP contribution in [0, 0.1) is 0 Å². The first-order chi connectivity index (χ1) is 15.6. The van der Waals surface area contributed by atoms with Crippen LogP contribution in [0.1, 0.15) is 57.4 Å². The van der Waals surface area contributed by atoms with Gasteiger partial charge in [-0.05, 0) is 81.1 Å². The molecule has 1 aliphatic carbocycles. The van der Waals surface area contributed by atoms with Gasteiger partial charge in [-0.15, -0.1) is 0 Å². The second-order valence-electron chi connectivity index (χ2n) is 9.23. The Morgan fingerprint density at radius 1 is 1.00 bits per heavy atom. The maximum Gasteiger partial charge on any atom is 0.235 e. The Labute approximate surface area is 192 Å². The van der Waals surface area contributed by atoms with E-state index in [9.17, 15) is 4.79 Å². The van der Waals surface area contributed by atoms with Crippen LogP contribution in [0.4, 0.5) is 5.69 Å². The maximum absolute atomic E-state index is 13.4. The van der Waals surface area contributed by atoms with Crippen LogP contribution < -0.4 is 14.8 Å². The lowest BCUT2D eigenvalue weighted by molar-refractivity contribution is -0.121. The average Bonchev–Trinajstić information content (AvgIpc) is 3.33. The minimum absolute atomic E-state index is 0.0768. The molecule has 1 saturated carbocycles. The summed E-state index contributed by atoms with van der Waals surface area (Å²) in [5, 5.41) is 3.16. The van der Waals surface area contributed by atoms with Crippen LogP contribution in [0.3, 0.4) is 0 Å². The van der Waals surface area contributed by atoms with E-state index in [0.29, 0.717) is 12.6 Å². The zero-order valence-electron chi connectivity index (χ0n) is 19.4. The first-order valence-corrected chi connectivity index (χ1v) is 12.0. The Morgan fingerprint density at radius 3 is 2.34 bits per heavy atom. The van der Waals surface area contributed by atoms with Gasteiger partial charge < -0.3 is 14.8 Å². The predicted molar refractivity (Wildman–Crippen MR) is 129 cm³/mol. The van der Waals surface area contributed by atoms with Crippen molar-refractivity contribution in [3.63, 3.8) is 0 Å². The number of hydrogen-bond donors (Lipinski definition) is 1. The van der Waals surface area contributed by atoms with E-state index in [0.717, 1.165) is 55.0 Å². The second kappa shape index (κ2) is 10.4. The van der Waals surface area contributed by atoms with Crippen LogP contribution >= 0.6 is 0 Å². The summed E-state index contributed by atoms with van der Waals surface area (Å²) in [6, 6.07) is 16.4. The van der Waals surface area contributed by atoms with E-state index < -0.39 is 5.41 Å². The molecule has 1 heterocycles. The summed E-state index contributed by atoms with van der Waals surface area (Å²) in [5.74, 6) is 1.74. The van der Waals surface area contributed by atoms with Crippen molar-refractivity contribution in [2.45, 2.75) is 63.3 Å². The highest BCUT2D eigenvalue weighted by molar-refractivity contribution is 5.99. The molecule has 2 aromatic rings. The molecule has 172 valence electrons. The molecule has 5 heteroatoms. The number of likely N-dealkylation sites (tertiary alicyclic amines) is 1. The number of rotatable bonds is 8. The lowest BCUT2D eigenvalue weighted by atomic mass is 9.78. The molecule has 0 spiro atoms. The molecule has 1 amide bonds. The molecule has 0 unspecified atom stereocenters.